The number of halogens is 4. The molecule has 0 atom stereocenters. The summed E-state index contributed by atoms with van der Waals surface area (Å²) >= 11 is 5.68. The lowest BCUT2D eigenvalue weighted by Gasteiger charge is -2.11. The van der Waals surface area contributed by atoms with Crippen LogP contribution in [0, 0.1) is 13.8 Å². The fourth-order valence-corrected chi connectivity index (χ4v) is 2.20. The van der Waals surface area contributed by atoms with E-state index in [-0.39, 0.29) is 5.82 Å². The molecule has 1 amide bonds. The first kappa shape index (κ1) is 21.5. The van der Waals surface area contributed by atoms with Gasteiger partial charge in [0.15, 0.2) is 19.0 Å². The molecule has 1 N–H and O–H groups in total. The molecule has 0 saturated carbocycles. The van der Waals surface area contributed by atoms with Gasteiger partial charge in [0.25, 0.3) is 5.91 Å². The first-order valence-corrected chi connectivity index (χ1v) is 8.32. The van der Waals surface area contributed by atoms with Gasteiger partial charge in [-0.05, 0) is 43.2 Å². The number of aryl methyl sites for hydroxylation is 2. The first-order valence-electron chi connectivity index (χ1n) is 7.94. The number of carbonyl (C=O) groups is 2. The van der Waals surface area contributed by atoms with Crippen LogP contribution in [0.25, 0.3) is 0 Å². The summed E-state index contributed by atoms with van der Waals surface area (Å²) in [7, 11) is 0. The Morgan fingerprint density at radius 3 is 2.46 bits per heavy atom. The van der Waals surface area contributed by atoms with Gasteiger partial charge in [0.2, 0.25) is 0 Å². The van der Waals surface area contributed by atoms with Crippen molar-refractivity contribution in [2.45, 2.75) is 20.0 Å². The molecule has 1 aromatic carbocycles. The highest BCUT2D eigenvalue weighted by Crippen LogP contribution is 2.32. The standard InChI is InChI=1S/C18H16ClF3N2O4/c1-10-3-4-13(5-11(10)2)27-9-16(26)28-8-15(25)24-17-14(19)6-12(7-23-17)18(20,21)22/h3-7H,8-9H2,1-2H3,(H,23,24,25). The van der Waals surface area contributed by atoms with Crippen LogP contribution in [-0.4, -0.2) is 30.1 Å². The predicted molar refractivity (Wildman–Crippen MR) is 95.2 cm³/mol. The first-order chi connectivity index (χ1) is 13.1. The van der Waals surface area contributed by atoms with Crippen LogP contribution < -0.4 is 10.1 Å². The molecule has 0 saturated heterocycles. The second-order valence-electron chi connectivity index (χ2n) is 5.80. The minimum Gasteiger partial charge on any atom is -0.482 e. The molecule has 1 heterocycles. The number of esters is 1. The largest absolute Gasteiger partial charge is 0.482 e. The molecule has 6 nitrogen and oxygen atoms in total. The molecular weight excluding hydrogens is 401 g/mol. The zero-order valence-corrected chi connectivity index (χ0v) is 15.6. The van der Waals surface area contributed by atoms with E-state index in [0.29, 0.717) is 18.0 Å². The van der Waals surface area contributed by atoms with E-state index in [1.165, 1.54) is 0 Å². The van der Waals surface area contributed by atoms with Crippen LogP contribution in [0.1, 0.15) is 16.7 Å². The summed E-state index contributed by atoms with van der Waals surface area (Å²) < 4.78 is 47.7. The van der Waals surface area contributed by atoms with E-state index in [4.69, 9.17) is 21.1 Å². The number of alkyl halides is 3. The van der Waals surface area contributed by atoms with Crippen molar-refractivity contribution in [3.05, 3.63) is 52.2 Å². The second-order valence-corrected chi connectivity index (χ2v) is 6.20. The molecule has 2 aromatic rings. The molecule has 0 bridgehead atoms. The number of ether oxygens (including phenoxy) is 2. The Bertz CT molecular complexity index is 888. The molecule has 0 aliphatic carbocycles. The topological polar surface area (TPSA) is 77.5 Å². The third kappa shape index (κ3) is 6.12. The van der Waals surface area contributed by atoms with Crippen molar-refractivity contribution >= 4 is 29.3 Å². The number of rotatable bonds is 6. The SMILES string of the molecule is Cc1ccc(OCC(=O)OCC(=O)Nc2ncc(C(F)(F)F)cc2Cl)cc1C. The number of hydrogen-bond acceptors (Lipinski definition) is 5. The Hall–Kier alpha value is -2.81. The summed E-state index contributed by atoms with van der Waals surface area (Å²) in [6.45, 7) is 2.75. The molecule has 10 heteroatoms. The van der Waals surface area contributed by atoms with Crippen molar-refractivity contribution in [2.75, 3.05) is 18.5 Å². The summed E-state index contributed by atoms with van der Waals surface area (Å²) in [5.41, 5.74) is 1.01. The molecule has 2 rings (SSSR count). The summed E-state index contributed by atoms with van der Waals surface area (Å²) in [6, 6.07) is 5.92. The highest BCUT2D eigenvalue weighted by molar-refractivity contribution is 6.33. The number of nitrogens with zero attached hydrogens (tertiary/aromatic N) is 1. The lowest BCUT2D eigenvalue weighted by Crippen LogP contribution is -2.24. The van der Waals surface area contributed by atoms with Crippen LogP contribution in [0.15, 0.2) is 30.5 Å². The van der Waals surface area contributed by atoms with Crippen LogP contribution in [0.5, 0.6) is 5.75 Å². The molecule has 0 fully saturated rings. The molecular formula is C18H16ClF3N2O4. The van der Waals surface area contributed by atoms with E-state index in [2.05, 4.69) is 10.3 Å². The molecule has 0 unspecified atom stereocenters. The Balaban J connectivity index is 1.81. The molecule has 150 valence electrons. The van der Waals surface area contributed by atoms with Crippen LogP contribution in [0.3, 0.4) is 0 Å². The fraction of sp³-hybridized carbons (Fsp3) is 0.278. The molecule has 0 spiro atoms. The summed E-state index contributed by atoms with van der Waals surface area (Å²) in [6.07, 6.45) is -4.07. The third-order valence-corrected chi connectivity index (χ3v) is 3.91. The number of nitrogens with one attached hydrogen (secondary N) is 1. The average Bonchev–Trinajstić information content (AvgIpc) is 2.61. The number of pyridine rings is 1. The Morgan fingerprint density at radius 2 is 1.86 bits per heavy atom. The van der Waals surface area contributed by atoms with Crippen LogP contribution in [0.4, 0.5) is 19.0 Å². The second kappa shape index (κ2) is 8.92. The van der Waals surface area contributed by atoms with Gasteiger partial charge < -0.3 is 14.8 Å². The molecule has 1 aromatic heterocycles. The number of carbonyl (C=O) groups excluding carboxylic acids is 2. The number of amides is 1. The highest BCUT2D eigenvalue weighted by atomic mass is 35.5. The van der Waals surface area contributed by atoms with Gasteiger partial charge in [-0.3, -0.25) is 4.79 Å². The lowest BCUT2D eigenvalue weighted by atomic mass is 10.1. The number of benzene rings is 1. The Labute approximate surface area is 163 Å². The van der Waals surface area contributed by atoms with Crippen molar-refractivity contribution in [3.63, 3.8) is 0 Å². The van der Waals surface area contributed by atoms with E-state index in [1.54, 1.807) is 12.1 Å². The number of anilines is 1. The highest BCUT2D eigenvalue weighted by Gasteiger charge is 2.31. The minimum absolute atomic E-state index is 0.276. The number of hydrogen-bond donors (Lipinski definition) is 1. The van der Waals surface area contributed by atoms with Gasteiger partial charge in [0, 0.05) is 6.20 Å². The van der Waals surface area contributed by atoms with E-state index < -0.39 is 41.9 Å². The fourth-order valence-electron chi connectivity index (χ4n) is 1.99. The Morgan fingerprint density at radius 1 is 1.14 bits per heavy atom. The van der Waals surface area contributed by atoms with Crippen molar-refractivity contribution in [1.29, 1.82) is 0 Å². The molecule has 0 aliphatic rings. The van der Waals surface area contributed by atoms with Crippen LogP contribution >= 0.6 is 11.6 Å². The zero-order valence-electron chi connectivity index (χ0n) is 14.9. The van der Waals surface area contributed by atoms with Gasteiger partial charge in [0.1, 0.15) is 5.75 Å². The molecule has 28 heavy (non-hydrogen) atoms. The van der Waals surface area contributed by atoms with Gasteiger partial charge in [-0.25, -0.2) is 9.78 Å². The van der Waals surface area contributed by atoms with E-state index in [1.807, 2.05) is 19.9 Å². The van der Waals surface area contributed by atoms with Crippen molar-refractivity contribution in [2.24, 2.45) is 0 Å². The van der Waals surface area contributed by atoms with Gasteiger partial charge >= 0.3 is 12.1 Å². The smallest absolute Gasteiger partial charge is 0.417 e. The monoisotopic (exact) mass is 416 g/mol. The Kier molecular flexibility index (Phi) is 6.85. The van der Waals surface area contributed by atoms with Crippen LogP contribution in [-0.2, 0) is 20.5 Å². The number of aromatic nitrogens is 1. The molecule has 0 aliphatic heterocycles. The van der Waals surface area contributed by atoms with E-state index >= 15 is 0 Å². The summed E-state index contributed by atoms with van der Waals surface area (Å²) in [4.78, 5) is 26.9. The molecule has 0 radical (unpaired) electrons. The maximum atomic E-state index is 12.6. The average molecular weight is 417 g/mol. The normalized spacial score (nSPS) is 11.1. The quantitative estimate of drug-likeness (QED) is 0.722. The summed E-state index contributed by atoms with van der Waals surface area (Å²) in [5.74, 6) is -1.40. The van der Waals surface area contributed by atoms with Gasteiger partial charge in [-0.2, -0.15) is 13.2 Å². The van der Waals surface area contributed by atoms with Gasteiger partial charge in [-0.15, -0.1) is 0 Å². The maximum absolute atomic E-state index is 12.6. The minimum atomic E-state index is -4.61. The van der Waals surface area contributed by atoms with Crippen molar-refractivity contribution in [3.8, 4) is 5.75 Å². The van der Waals surface area contributed by atoms with E-state index in [0.717, 1.165) is 11.1 Å². The van der Waals surface area contributed by atoms with Gasteiger partial charge in [0.05, 0.1) is 10.6 Å². The predicted octanol–water partition coefficient (Wildman–Crippen LogP) is 3.93. The van der Waals surface area contributed by atoms with Gasteiger partial charge in [-0.1, -0.05) is 17.7 Å². The third-order valence-electron chi connectivity index (χ3n) is 3.63. The van der Waals surface area contributed by atoms with Crippen molar-refractivity contribution in [1.82, 2.24) is 4.98 Å². The van der Waals surface area contributed by atoms with E-state index in [9.17, 15) is 22.8 Å². The van der Waals surface area contributed by atoms with Crippen molar-refractivity contribution < 1.29 is 32.2 Å². The zero-order chi connectivity index (χ0) is 20.9. The summed E-state index contributed by atoms with van der Waals surface area (Å²) in [5, 5.41) is 1.77. The maximum Gasteiger partial charge on any atom is 0.417 e. The van der Waals surface area contributed by atoms with Crippen LogP contribution in [0.2, 0.25) is 5.02 Å². The lowest BCUT2D eigenvalue weighted by molar-refractivity contribution is -0.149.